The Morgan fingerprint density at radius 2 is 1.76 bits per heavy atom. The summed E-state index contributed by atoms with van der Waals surface area (Å²) in [6.45, 7) is 0.195. The molecule has 2 rings (SSSR count). The van der Waals surface area contributed by atoms with Gasteiger partial charge in [0.2, 0.25) is 10.0 Å². The maximum absolute atomic E-state index is 12.5. The van der Waals surface area contributed by atoms with Crippen molar-refractivity contribution < 1.29 is 16.8 Å². The van der Waals surface area contributed by atoms with E-state index in [-0.39, 0.29) is 34.5 Å². The molecule has 0 aromatic heterocycles. The number of rotatable bonds is 3. The van der Waals surface area contributed by atoms with Gasteiger partial charge in [-0.05, 0) is 18.6 Å². The Morgan fingerprint density at radius 1 is 1.14 bits per heavy atom. The molecule has 1 heterocycles. The first-order chi connectivity index (χ1) is 9.72. The predicted molar refractivity (Wildman–Crippen MR) is 84.4 cm³/mol. The van der Waals surface area contributed by atoms with Gasteiger partial charge in [0, 0.05) is 18.7 Å². The molecule has 1 aromatic carbocycles. The molecular weight excluding hydrogens is 332 g/mol. The second-order valence-electron chi connectivity index (χ2n) is 4.80. The van der Waals surface area contributed by atoms with E-state index in [1.54, 1.807) is 12.1 Å². The average molecular weight is 348 g/mol. The second-order valence-corrected chi connectivity index (χ2v) is 9.48. The third kappa shape index (κ3) is 3.79. The largest absolute Gasteiger partial charge is 0.389 e. The molecule has 116 valence electrons. The Bertz CT molecular complexity index is 739. The smallest absolute Gasteiger partial charge is 0.243 e. The van der Waals surface area contributed by atoms with Crippen molar-refractivity contribution in [2.45, 2.75) is 11.3 Å². The van der Waals surface area contributed by atoms with Crippen LogP contribution >= 0.6 is 12.2 Å². The molecule has 0 atom stereocenters. The number of nitrogens with two attached hydrogens (primary N) is 1. The minimum atomic E-state index is -3.69. The molecule has 1 aliphatic rings. The Morgan fingerprint density at radius 3 is 2.33 bits per heavy atom. The average Bonchev–Trinajstić information content (AvgIpc) is 2.60. The molecule has 1 fully saturated rings. The van der Waals surface area contributed by atoms with Gasteiger partial charge in [0.05, 0.1) is 16.4 Å². The van der Waals surface area contributed by atoms with Crippen molar-refractivity contribution in [1.82, 2.24) is 4.31 Å². The summed E-state index contributed by atoms with van der Waals surface area (Å²) in [5, 5.41) is 0. The van der Waals surface area contributed by atoms with E-state index in [0.29, 0.717) is 12.0 Å². The predicted octanol–water partition coefficient (Wildman–Crippen LogP) is 0.130. The lowest BCUT2D eigenvalue weighted by atomic mass is 10.2. The van der Waals surface area contributed by atoms with Crippen LogP contribution < -0.4 is 5.73 Å². The Balaban J connectivity index is 2.27. The van der Waals surface area contributed by atoms with Crippen LogP contribution in [0.15, 0.2) is 29.2 Å². The van der Waals surface area contributed by atoms with E-state index in [1.165, 1.54) is 16.4 Å². The number of benzene rings is 1. The van der Waals surface area contributed by atoms with Crippen molar-refractivity contribution in [2.75, 3.05) is 24.6 Å². The third-order valence-corrected chi connectivity index (χ3v) is 7.15. The number of hydrogen-bond donors (Lipinski definition) is 1. The highest BCUT2D eigenvalue weighted by atomic mass is 32.2. The van der Waals surface area contributed by atoms with Crippen molar-refractivity contribution >= 4 is 37.1 Å². The second kappa shape index (κ2) is 5.99. The summed E-state index contributed by atoms with van der Waals surface area (Å²) in [5.74, 6) is -0.114. The Kier molecular flexibility index (Phi) is 4.66. The van der Waals surface area contributed by atoms with Crippen LogP contribution in [0, 0.1) is 0 Å². The molecule has 6 nitrogen and oxygen atoms in total. The number of hydrogen-bond acceptors (Lipinski definition) is 5. The third-order valence-electron chi connectivity index (χ3n) is 3.29. The Labute approximate surface area is 129 Å². The molecule has 21 heavy (non-hydrogen) atoms. The maximum Gasteiger partial charge on any atom is 0.243 e. The molecule has 1 aliphatic heterocycles. The van der Waals surface area contributed by atoms with E-state index in [1.807, 2.05) is 0 Å². The van der Waals surface area contributed by atoms with Crippen LogP contribution in [0.25, 0.3) is 0 Å². The molecule has 0 spiro atoms. The first kappa shape index (κ1) is 16.3. The van der Waals surface area contributed by atoms with Crippen molar-refractivity contribution in [3.8, 4) is 0 Å². The fraction of sp³-hybridized carbons (Fsp3) is 0.417. The summed E-state index contributed by atoms with van der Waals surface area (Å²) in [4.78, 5) is 0.307. The summed E-state index contributed by atoms with van der Waals surface area (Å²) >= 11 is 4.82. The van der Waals surface area contributed by atoms with Gasteiger partial charge in [-0.1, -0.05) is 24.4 Å². The molecule has 0 bridgehead atoms. The van der Waals surface area contributed by atoms with Crippen molar-refractivity contribution in [3.63, 3.8) is 0 Å². The van der Waals surface area contributed by atoms with Crippen LogP contribution in [0.3, 0.4) is 0 Å². The summed E-state index contributed by atoms with van der Waals surface area (Å²) in [5.41, 5.74) is 6.06. The lowest BCUT2D eigenvalue weighted by Crippen LogP contribution is -2.33. The van der Waals surface area contributed by atoms with Gasteiger partial charge in [-0.3, -0.25) is 0 Å². The summed E-state index contributed by atoms with van der Waals surface area (Å²) in [6, 6.07) is 5.96. The minimum Gasteiger partial charge on any atom is -0.389 e. The van der Waals surface area contributed by atoms with Crippen LogP contribution in [0.5, 0.6) is 0 Å². The number of nitrogens with zero attached hydrogens (tertiary/aromatic N) is 1. The Hall–Kier alpha value is -1.03. The maximum atomic E-state index is 12.5. The summed E-state index contributed by atoms with van der Waals surface area (Å²) in [6.07, 6.45) is 0.312. The van der Waals surface area contributed by atoms with E-state index < -0.39 is 19.9 Å². The SMILES string of the molecule is NC(=S)c1ccc(S(=O)(=O)N2CCCS(=O)(=O)CC2)cc1. The van der Waals surface area contributed by atoms with Gasteiger partial charge in [0.15, 0.2) is 9.84 Å². The molecule has 1 aromatic rings. The van der Waals surface area contributed by atoms with Gasteiger partial charge in [0.1, 0.15) is 4.99 Å². The first-order valence-corrected chi connectivity index (χ1v) is 10.00. The van der Waals surface area contributed by atoms with Gasteiger partial charge >= 0.3 is 0 Å². The van der Waals surface area contributed by atoms with Crippen LogP contribution in [0.2, 0.25) is 0 Å². The van der Waals surface area contributed by atoms with Gasteiger partial charge in [0.25, 0.3) is 0 Å². The fourth-order valence-electron chi connectivity index (χ4n) is 2.10. The zero-order valence-electron chi connectivity index (χ0n) is 11.2. The summed E-state index contributed by atoms with van der Waals surface area (Å²) in [7, 11) is -6.85. The van der Waals surface area contributed by atoms with E-state index in [2.05, 4.69) is 0 Å². The quantitative estimate of drug-likeness (QED) is 0.780. The monoisotopic (exact) mass is 348 g/mol. The van der Waals surface area contributed by atoms with Crippen molar-refractivity contribution in [2.24, 2.45) is 5.73 Å². The summed E-state index contributed by atoms with van der Waals surface area (Å²) < 4.78 is 49.3. The van der Waals surface area contributed by atoms with E-state index in [9.17, 15) is 16.8 Å². The van der Waals surface area contributed by atoms with E-state index in [0.717, 1.165) is 0 Å². The number of thiocarbonyl (C=S) groups is 1. The lowest BCUT2D eigenvalue weighted by molar-refractivity contribution is 0.434. The van der Waals surface area contributed by atoms with Gasteiger partial charge in [-0.2, -0.15) is 4.31 Å². The molecule has 0 aliphatic carbocycles. The number of sulfone groups is 1. The van der Waals surface area contributed by atoms with Crippen LogP contribution in [-0.4, -0.2) is 50.7 Å². The van der Waals surface area contributed by atoms with E-state index >= 15 is 0 Å². The molecule has 2 N–H and O–H groups in total. The highest BCUT2D eigenvalue weighted by Gasteiger charge is 2.28. The zero-order valence-corrected chi connectivity index (χ0v) is 13.7. The molecule has 0 unspecified atom stereocenters. The molecule has 0 radical (unpaired) electrons. The molecule has 1 saturated heterocycles. The highest BCUT2D eigenvalue weighted by Crippen LogP contribution is 2.19. The van der Waals surface area contributed by atoms with Gasteiger partial charge in [-0.25, -0.2) is 16.8 Å². The molecule has 0 amide bonds. The number of sulfonamides is 1. The molecule has 9 heteroatoms. The van der Waals surface area contributed by atoms with Crippen LogP contribution in [0.4, 0.5) is 0 Å². The highest BCUT2D eigenvalue weighted by molar-refractivity contribution is 7.91. The standard InChI is InChI=1S/C12H16N2O4S3/c13-12(19)10-2-4-11(5-3-10)21(17,18)14-6-1-8-20(15,16)9-7-14/h2-5H,1,6-9H2,(H2,13,19). The minimum absolute atomic E-state index is 0.0122. The molecular formula is C12H16N2O4S3. The molecule has 0 saturated carbocycles. The van der Waals surface area contributed by atoms with Crippen LogP contribution in [0.1, 0.15) is 12.0 Å². The van der Waals surface area contributed by atoms with Gasteiger partial charge < -0.3 is 5.73 Å². The van der Waals surface area contributed by atoms with Gasteiger partial charge in [-0.15, -0.1) is 0 Å². The topological polar surface area (TPSA) is 97.5 Å². The normalized spacial score (nSPS) is 19.8. The van der Waals surface area contributed by atoms with Crippen molar-refractivity contribution in [1.29, 1.82) is 0 Å². The fourth-order valence-corrected chi connectivity index (χ4v) is 5.10. The zero-order chi connectivity index (χ0) is 15.7. The first-order valence-electron chi connectivity index (χ1n) is 6.33. The van der Waals surface area contributed by atoms with Crippen molar-refractivity contribution in [3.05, 3.63) is 29.8 Å². The lowest BCUT2D eigenvalue weighted by Gasteiger charge is -2.19. The van der Waals surface area contributed by atoms with E-state index in [4.69, 9.17) is 18.0 Å². The van der Waals surface area contributed by atoms with Crippen LogP contribution in [-0.2, 0) is 19.9 Å².